The minimum atomic E-state index is 0.227. The van der Waals surface area contributed by atoms with E-state index in [-0.39, 0.29) is 10.8 Å². The molecule has 0 spiro atoms. The fourth-order valence-electron chi connectivity index (χ4n) is 10.2. The van der Waals surface area contributed by atoms with Crippen molar-refractivity contribution in [3.05, 3.63) is 174 Å². The van der Waals surface area contributed by atoms with Gasteiger partial charge in [0.05, 0.1) is 11.6 Å². The molecule has 0 saturated heterocycles. The third kappa shape index (κ3) is 5.47. The van der Waals surface area contributed by atoms with Crippen LogP contribution in [-0.2, 0) is 10.8 Å². The fourth-order valence-corrected chi connectivity index (χ4v) is 10.2. The lowest BCUT2D eigenvalue weighted by molar-refractivity contribution is 0.220. The smallest absolute Gasteiger partial charge is 0.164 e. The summed E-state index contributed by atoms with van der Waals surface area (Å²) in [5, 5.41) is 9.14. The van der Waals surface area contributed by atoms with Gasteiger partial charge in [0.1, 0.15) is 0 Å². The van der Waals surface area contributed by atoms with E-state index in [9.17, 15) is 0 Å². The molecule has 4 unspecified atom stereocenters. The molecule has 0 radical (unpaired) electrons. The van der Waals surface area contributed by atoms with Gasteiger partial charge in [-0.25, -0.2) is 15.0 Å². The van der Waals surface area contributed by atoms with Crippen LogP contribution in [0.3, 0.4) is 0 Å². The average Bonchev–Trinajstić information content (AvgIpc) is 3.63. The van der Waals surface area contributed by atoms with Gasteiger partial charge in [-0.05, 0) is 100 Å². The molecule has 4 nitrogen and oxygen atoms in total. The lowest BCUT2D eigenvalue weighted by Gasteiger charge is -2.42. The molecule has 4 aliphatic carbocycles. The van der Waals surface area contributed by atoms with Gasteiger partial charge in [0.25, 0.3) is 0 Å². The summed E-state index contributed by atoms with van der Waals surface area (Å²) in [5.41, 5.74) is 11.9. The van der Waals surface area contributed by atoms with Gasteiger partial charge < -0.3 is 0 Å². The monoisotopic (exact) mass is 682 g/mol. The summed E-state index contributed by atoms with van der Waals surface area (Å²) in [6.45, 7) is 0. The molecule has 11 rings (SSSR count). The van der Waals surface area contributed by atoms with E-state index in [4.69, 9.17) is 20.2 Å². The van der Waals surface area contributed by atoms with Gasteiger partial charge in [-0.3, -0.25) is 0 Å². The van der Waals surface area contributed by atoms with Gasteiger partial charge in [0.2, 0.25) is 0 Å². The molecule has 0 aliphatic heterocycles. The molecule has 0 amide bonds. The van der Waals surface area contributed by atoms with Crippen LogP contribution in [0, 0.1) is 23.2 Å². The molecule has 0 N–H and O–H groups in total. The number of rotatable bonds is 7. The highest BCUT2D eigenvalue weighted by atomic mass is 15.0. The topological polar surface area (TPSA) is 62.5 Å². The van der Waals surface area contributed by atoms with Crippen molar-refractivity contribution in [2.45, 2.75) is 42.9 Å². The van der Waals surface area contributed by atoms with Gasteiger partial charge in [0.15, 0.2) is 17.5 Å². The third-order valence-corrected chi connectivity index (χ3v) is 12.5. The first-order chi connectivity index (χ1) is 26.1. The highest BCUT2D eigenvalue weighted by Gasteiger charge is 2.64. The van der Waals surface area contributed by atoms with E-state index in [2.05, 4.69) is 103 Å². The molecule has 53 heavy (non-hydrogen) atoms. The van der Waals surface area contributed by atoms with Crippen LogP contribution in [0.2, 0.25) is 0 Å². The molecule has 4 atom stereocenters. The normalized spacial score (nSPS) is 22.5. The molecular formula is C49H38N4. The van der Waals surface area contributed by atoms with Crippen molar-refractivity contribution in [2.24, 2.45) is 11.8 Å². The number of hydrogen-bond acceptors (Lipinski definition) is 4. The largest absolute Gasteiger partial charge is 0.208 e. The summed E-state index contributed by atoms with van der Waals surface area (Å²) in [5.74, 6) is 3.59. The predicted octanol–water partition coefficient (Wildman–Crippen LogP) is 11.5. The zero-order valence-corrected chi connectivity index (χ0v) is 29.5. The summed E-state index contributed by atoms with van der Waals surface area (Å²) in [7, 11) is 0. The Balaban J connectivity index is 0.916. The van der Waals surface area contributed by atoms with Crippen LogP contribution in [0.25, 0.3) is 56.4 Å². The second kappa shape index (κ2) is 12.5. The van der Waals surface area contributed by atoms with E-state index in [1.54, 1.807) is 0 Å². The molecule has 254 valence electrons. The van der Waals surface area contributed by atoms with Crippen LogP contribution in [0.4, 0.5) is 0 Å². The number of nitrogens with zero attached hydrogens (tertiary/aromatic N) is 4. The maximum atomic E-state index is 9.14. The van der Waals surface area contributed by atoms with Gasteiger partial charge in [-0.2, -0.15) is 5.26 Å². The Morgan fingerprint density at radius 1 is 0.453 bits per heavy atom. The van der Waals surface area contributed by atoms with Crippen molar-refractivity contribution >= 4 is 0 Å². The lowest BCUT2D eigenvalue weighted by atomic mass is 9.62. The Hall–Kier alpha value is -6.18. The van der Waals surface area contributed by atoms with Crippen molar-refractivity contribution in [1.29, 1.82) is 5.26 Å². The lowest BCUT2D eigenvalue weighted by Crippen LogP contribution is -2.35. The number of hydrogen-bond donors (Lipinski definition) is 0. The summed E-state index contributed by atoms with van der Waals surface area (Å²) in [6.07, 6.45) is 6.45. The van der Waals surface area contributed by atoms with E-state index in [1.165, 1.54) is 54.4 Å². The molecule has 4 saturated carbocycles. The molecule has 4 fully saturated rings. The maximum Gasteiger partial charge on any atom is 0.164 e. The van der Waals surface area contributed by atoms with Crippen molar-refractivity contribution < 1.29 is 0 Å². The minimum Gasteiger partial charge on any atom is -0.208 e. The Kier molecular flexibility index (Phi) is 7.44. The summed E-state index contributed by atoms with van der Waals surface area (Å²) in [4.78, 5) is 14.8. The first-order valence-corrected chi connectivity index (χ1v) is 18.8. The molecule has 4 bridgehead atoms. The van der Waals surface area contributed by atoms with Crippen LogP contribution >= 0.6 is 0 Å². The number of aromatic nitrogens is 3. The summed E-state index contributed by atoms with van der Waals surface area (Å²) >= 11 is 0. The third-order valence-electron chi connectivity index (χ3n) is 12.5. The molecular weight excluding hydrogens is 645 g/mol. The van der Waals surface area contributed by atoms with Crippen LogP contribution < -0.4 is 0 Å². The van der Waals surface area contributed by atoms with Crippen molar-refractivity contribution in [2.75, 3.05) is 0 Å². The Labute approximate surface area is 310 Å². The van der Waals surface area contributed by atoms with Gasteiger partial charge in [-0.1, -0.05) is 146 Å². The van der Waals surface area contributed by atoms with Crippen molar-refractivity contribution in [3.8, 4) is 62.5 Å². The quantitative estimate of drug-likeness (QED) is 0.168. The van der Waals surface area contributed by atoms with Gasteiger partial charge in [-0.15, -0.1) is 0 Å². The highest BCUT2D eigenvalue weighted by molar-refractivity contribution is 5.71. The van der Waals surface area contributed by atoms with E-state index in [0.29, 0.717) is 29.0 Å². The summed E-state index contributed by atoms with van der Waals surface area (Å²) < 4.78 is 0. The second-order valence-corrected chi connectivity index (χ2v) is 15.5. The van der Waals surface area contributed by atoms with E-state index >= 15 is 0 Å². The zero-order chi connectivity index (χ0) is 35.4. The first kappa shape index (κ1) is 31.5. The number of benzene rings is 6. The average molecular weight is 683 g/mol. The standard InChI is InChI=1S/C49H38N4/c50-31-33-11-13-35(14-12-33)36-15-17-37(18-16-36)38-19-23-42(24-20-38)48-28-34-27-44(30-48)49(29-34,32-48)43-25-21-41(22-26-43)47-52-45(39-7-3-1-4-8-39)51-46(53-47)40-9-5-2-6-10-40/h1-26,34,44H,27-30,32H2. The van der Waals surface area contributed by atoms with Crippen LogP contribution in [0.15, 0.2) is 158 Å². The predicted molar refractivity (Wildman–Crippen MR) is 212 cm³/mol. The maximum absolute atomic E-state index is 9.14. The first-order valence-electron chi connectivity index (χ1n) is 18.8. The van der Waals surface area contributed by atoms with Crippen molar-refractivity contribution in [1.82, 2.24) is 15.0 Å². The Bertz CT molecular complexity index is 2410. The van der Waals surface area contributed by atoms with Crippen LogP contribution in [-0.4, -0.2) is 15.0 Å². The zero-order valence-electron chi connectivity index (χ0n) is 29.5. The summed E-state index contributed by atoms with van der Waals surface area (Å²) in [6, 6.07) is 57.9. The molecule has 4 heteroatoms. The SMILES string of the molecule is N#Cc1ccc(-c2ccc(-c3ccc(C45CC6CC(C4)C(c4ccc(-c7nc(-c8ccccc8)nc(-c8ccccc8)n7)cc4)(C6)C5)cc3)cc2)cc1. The molecule has 6 aromatic carbocycles. The molecule has 1 aromatic heterocycles. The molecule has 1 heterocycles. The number of nitriles is 1. The van der Waals surface area contributed by atoms with Gasteiger partial charge in [0, 0.05) is 16.7 Å². The minimum absolute atomic E-state index is 0.227. The van der Waals surface area contributed by atoms with Gasteiger partial charge >= 0.3 is 0 Å². The van der Waals surface area contributed by atoms with Crippen LogP contribution in [0.1, 0.15) is 48.8 Å². The second-order valence-electron chi connectivity index (χ2n) is 15.5. The molecule has 7 aromatic rings. The van der Waals surface area contributed by atoms with E-state index < -0.39 is 0 Å². The van der Waals surface area contributed by atoms with Crippen molar-refractivity contribution in [3.63, 3.8) is 0 Å². The Morgan fingerprint density at radius 3 is 1.40 bits per heavy atom. The van der Waals surface area contributed by atoms with E-state index in [1.807, 2.05) is 60.7 Å². The van der Waals surface area contributed by atoms with E-state index in [0.717, 1.165) is 33.7 Å². The molecule has 4 aliphatic rings. The Morgan fingerprint density at radius 2 is 0.887 bits per heavy atom. The van der Waals surface area contributed by atoms with Crippen LogP contribution in [0.5, 0.6) is 0 Å². The fraction of sp³-hybridized carbons (Fsp3) is 0.184. The highest BCUT2D eigenvalue weighted by Crippen LogP contribution is 2.71.